The van der Waals surface area contributed by atoms with E-state index >= 15 is 0 Å². The maximum absolute atomic E-state index is 13.2. The fraction of sp³-hybridized carbons (Fsp3) is 0.304. The van der Waals surface area contributed by atoms with Gasteiger partial charge in [0.25, 0.3) is 5.91 Å². The van der Waals surface area contributed by atoms with Crippen molar-refractivity contribution in [2.45, 2.75) is 45.2 Å². The van der Waals surface area contributed by atoms with E-state index in [0.29, 0.717) is 5.89 Å². The Balaban J connectivity index is 1.55. The van der Waals surface area contributed by atoms with Gasteiger partial charge in [-0.25, -0.2) is 4.79 Å². The molecule has 2 aromatic carbocycles. The van der Waals surface area contributed by atoms with Crippen LogP contribution in [0.4, 0.5) is 4.79 Å². The van der Waals surface area contributed by atoms with Crippen molar-refractivity contribution >= 4 is 11.9 Å². The van der Waals surface area contributed by atoms with Crippen molar-refractivity contribution in [1.29, 1.82) is 0 Å². The van der Waals surface area contributed by atoms with E-state index in [2.05, 4.69) is 36.3 Å². The number of rotatable bonds is 4. The van der Waals surface area contributed by atoms with Gasteiger partial charge in [0.2, 0.25) is 11.8 Å². The van der Waals surface area contributed by atoms with Crippen LogP contribution in [0.3, 0.4) is 0 Å². The Labute approximate surface area is 175 Å². The average Bonchev–Trinajstić information content (AvgIpc) is 3.27. The lowest BCUT2D eigenvalue weighted by Gasteiger charge is -2.24. The van der Waals surface area contributed by atoms with E-state index in [0.717, 1.165) is 21.6 Å². The summed E-state index contributed by atoms with van der Waals surface area (Å²) in [5.74, 6) is 0.193. The lowest BCUT2D eigenvalue weighted by atomic mass is 9.84. The first-order valence-corrected chi connectivity index (χ1v) is 9.81. The monoisotopic (exact) mass is 404 g/mol. The molecule has 1 unspecified atom stereocenters. The number of carbonyl (C=O) groups is 2. The molecule has 30 heavy (non-hydrogen) atoms. The van der Waals surface area contributed by atoms with Gasteiger partial charge in [-0.3, -0.25) is 9.69 Å². The minimum absolute atomic E-state index is 0.00280. The van der Waals surface area contributed by atoms with Crippen LogP contribution in [0.5, 0.6) is 0 Å². The third kappa shape index (κ3) is 3.47. The van der Waals surface area contributed by atoms with E-state index in [9.17, 15) is 9.59 Å². The van der Waals surface area contributed by atoms with Gasteiger partial charge in [-0.2, -0.15) is 0 Å². The summed E-state index contributed by atoms with van der Waals surface area (Å²) in [5, 5.41) is 10.8. The van der Waals surface area contributed by atoms with Gasteiger partial charge in [0.05, 0.1) is 0 Å². The SMILES string of the molecule is CC(C)(C)c1ccc(C2(C)NC(=O)N(Cc3nnc(-c4ccccc4)o3)C2=O)cc1. The first-order valence-electron chi connectivity index (χ1n) is 9.81. The predicted molar refractivity (Wildman–Crippen MR) is 111 cm³/mol. The third-order valence-electron chi connectivity index (χ3n) is 5.38. The topological polar surface area (TPSA) is 88.3 Å². The van der Waals surface area contributed by atoms with Crippen LogP contribution in [0.2, 0.25) is 0 Å². The van der Waals surface area contributed by atoms with Gasteiger partial charge < -0.3 is 9.73 Å². The van der Waals surface area contributed by atoms with Gasteiger partial charge in [-0.05, 0) is 35.6 Å². The summed E-state index contributed by atoms with van der Waals surface area (Å²) in [5.41, 5.74) is 1.52. The second-order valence-corrected chi connectivity index (χ2v) is 8.64. The number of imide groups is 1. The molecule has 3 amide bonds. The molecule has 1 fully saturated rings. The number of benzene rings is 2. The molecule has 1 atom stereocenters. The molecule has 1 saturated heterocycles. The Morgan fingerprint density at radius 1 is 1.00 bits per heavy atom. The van der Waals surface area contributed by atoms with Crippen molar-refractivity contribution in [1.82, 2.24) is 20.4 Å². The fourth-order valence-electron chi connectivity index (χ4n) is 3.49. The number of nitrogens with zero attached hydrogens (tertiary/aromatic N) is 3. The zero-order chi connectivity index (χ0) is 21.5. The molecule has 0 saturated carbocycles. The zero-order valence-electron chi connectivity index (χ0n) is 17.5. The van der Waals surface area contributed by atoms with Crippen LogP contribution in [0.25, 0.3) is 11.5 Å². The van der Waals surface area contributed by atoms with E-state index in [1.54, 1.807) is 6.92 Å². The Kier molecular flexibility index (Phi) is 4.68. The highest BCUT2D eigenvalue weighted by molar-refractivity contribution is 6.07. The van der Waals surface area contributed by atoms with E-state index < -0.39 is 11.6 Å². The largest absolute Gasteiger partial charge is 0.419 e. The van der Waals surface area contributed by atoms with Crippen molar-refractivity contribution in [2.75, 3.05) is 0 Å². The Bertz CT molecular complexity index is 1080. The van der Waals surface area contributed by atoms with Crippen LogP contribution in [0.1, 0.15) is 44.7 Å². The van der Waals surface area contributed by atoms with E-state index in [1.807, 2.05) is 54.6 Å². The first-order chi connectivity index (χ1) is 14.2. The molecule has 1 N–H and O–H groups in total. The highest BCUT2D eigenvalue weighted by atomic mass is 16.4. The summed E-state index contributed by atoms with van der Waals surface area (Å²) in [7, 11) is 0. The molecule has 1 aliphatic rings. The summed E-state index contributed by atoms with van der Waals surface area (Å²) < 4.78 is 5.66. The van der Waals surface area contributed by atoms with Crippen molar-refractivity contribution in [3.05, 3.63) is 71.6 Å². The van der Waals surface area contributed by atoms with Gasteiger partial charge in [0.15, 0.2) is 0 Å². The summed E-state index contributed by atoms with van der Waals surface area (Å²) in [6.45, 7) is 8.01. The summed E-state index contributed by atoms with van der Waals surface area (Å²) >= 11 is 0. The molecule has 0 aliphatic carbocycles. The fourth-order valence-corrected chi connectivity index (χ4v) is 3.49. The van der Waals surface area contributed by atoms with E-state index in [1.165, 1.54) is 0 Å². The molecule has 2 heterocycles. The number of amides is 3. The number of aromatic nitrogens is 2. The van der Waals surface area contributed by atoms with Crippen LogP contribution >= 0.6 is 0 Å². The second-order valence-electron chi connectivity index (χ2n) is 8.64. The van der Waals surface area contributed by atoms with Crippen molar-refractivity contribution in [3.8, 4) is 11.5 Å². The molecule has 4 rings (SSSR count). The maximum Gasteiger partial charge on any atom is 0.325 e. The number of nitrogens with one attached hydrogen (secondary N) is 1. The quantitative estimate of drug-likeness (QED) is 0.664. The Morgan fingerprint density at radius 3 is 2.30 bits per heavy atom. The lowest BCUT2D eigenvalue weighted by Crippen LogP contribution is -2.40. The smallest absolute Gasteiger partial charge is 0.325 e. The molecule has 0 radical (unpaired) electrons. The third-order valence-corrected chi connectivity index (χ3v) is 5.38. The Hall–Kier alpha value is -3.48. The van der Waals surface area contributed by atoms with Crippen LogP contribution in [-0.4, -0.2) is 27.0 Å². The van der Waals surface area contributed by atoms with Crippen LogP contribution in [-0.2, 0) is 22.3 Å². The molecule has 0 spiro atoms. The maximum atomic E-state index is 13.2. The standard InChI is InChI=1S/C23H24N4O3/c1-22(2,3)16-10-12-17(13-11-16)23(4)20(28)27(21(29)24-23)14-18-25-26-19(30-18)15-8-6-5-7-9-15/h5-13H,14H2,1-4H3,(H,24,29). The average molecular weight is 404 g/mol. The molecule has 1 aromatic heterocycles. The highest BCUT2D eigenvalue weighted by Crippen LogP contribution is 2.32. The molecular formula is C23H24N4O3. The van der Waals surface area contributed by atoms with Gasteiger partial charge in [-0.15, -0.1) is 10.2 Å². The number of urea groups is 1. The van der Waals surface area contributed by atoms with Gasteiger partial charge in [0, 0.05) is 5.56 Å². The minimum Gasteiger partial charge on any atom is -0.419 e. The number of hydrogen-bond acceptors (Lipinski definition) is 5. The summed E-state index contributed by atoms with van der Waals surface area (Å²) in [4.78, 5) is 26.9. The van der Waals surface area contributed by atoms with Crippen LogP contribution < -0.4 is 5.32 Å². The minimum atomic E-state index is -1.14. The molecule has 1 aliphatic heterocycles. The van der Waals surface area contributed by atoms with Crippen LogP contribution in [0, 0.1) is 0 Å². The molecular weight excluding hydrogens is 380 g/mol. The van der Waals surface area contributed by atoms with Crippen LogP contribution in [0.15, 0.2) is 59.0 Å². The predicted octanol–water partition coefficient (Wildman–Crippen LogP) is 4.00. The molecule has 3 aromatic rings. The molecule has 154 valence electrons. The molecule has 7 heteroatoms. The first kappa shape index (κ1) is 19.8. The number of carbonyl (C=O) groups excluding carboxylic acids is 2. The van der Waals surface area contributed by atoms with E-state index in [-0.39, 0.29) is 23.8 Å². The van der Waals surface area contributed by atoms with Gasteiger partial charge in [-0.1, -0.05) is 63.2 Å². The highest BCUT2D eigenvalue weighted by Gasteiger charge is 2.49. The van der Waals surface area contributed by atoms with Crippen molar-refractivity contribution < 1.29 is 14.0 Å². The molecule has 7 nitrogen and oxygen atoms in total. The van der Waals surface area contributed by atoms with E-state index in [4.69, 9.17) is 4.42 Å². The van der Waals surface area contributed by atoms with Crippen molar-refractivity contribution in [3.63, 3.8) is 0 Å². The van der Waals surface area contributed by atoms with Crippen molar-refractivity contribution in [2.24, 2.45) is 0 Å². The van der Waals surface area contributed by atoms with Gasteiger partial charge >= 0.3 is 6.03 Å². The normalized spacial score (nSPS) is 19.3. The number of hydrogen-bond donors (Lipinski definition) is 1. The van der Waals surface area contributed by atoms with Gasteiger partial charge in [0.1, 0.15) is 12.1 Å². The Morgan fingerprint density at radius 2 is 1.67 bits per heavy atom. The lowest BCUT2D eigenvalue weighted by molar-refractivity contribution is -0.131. The summed E-state index contributed by atoms with van der Waals surface area (Å²) in [6, 6.07) is 16.6. The second kappa shape index (κ2) is 7.09. The molecule has 0 bridgehead atoms. The zero-order valence-corrected chi connectivity index (χ0v) is 17.5. The summed E-state index contributed by atoms with van der Waals surface area (Å²) in [6.07, 6.45) is 0.